The Balaban J connectivity index is 1.37. The number of nitrogens with one attached hydrogen (secondary N) is 2. The van der Waals surface area contributed by atoms with Crippen molar-refractivity contribution in [2.24, 2.45) is 0 Å². The number of ether oxygens (including phenoxy) is 1. The van der Waals surface area contributed by atoms with E-state index in [1.165, 1.54) is 0 Å². The topological polar surface area (TPSA) is 67.4 Å². The zero-order chi connectivity index (χ0) is 16.8. The molecule has 0 saturated heterocycles. The van der Waals surface area contributed by atoms with Crippen molar-refractivity contribution in [3.05, 3.63) is 65.2 Å². The van der Waals surface area contributed by atoms with Gasteiger partial charge in [-0.3, -0.25) is 9.59 Å². The maximum Gasteiger partial charge on any atom is 0.251 e. The van der Waals surface area contributed by atoms with Crippen LogP contribution in [-0.2, 0) is 22.6 Å². The fourth-order valence-electron chi connectivity index (χ4n) is 2.60. The summed E-state index contributed by atoms with van der Waals surface area (Å²) < 4.78 is 5.58. The molecule has 0 atom stereocenters. The Hall–Kier alpha value is -2.66. The number of amides is 2. The van der Waals surface area contributed by atoms with E-state index in [1.807, 2.05) is 36.4 Å². The van der Waals surface area contributed by atoms with E-state index in [-0.39, 0.29) is 11.8 Å². The fraction of sp³-hybridized carbons (Fsp3) is 0.263. The highest BCUT2D eigenvalue weighted by Gasteiger charge is 2.18. The lowest BCUT2D eigenvalue weighted by Gasteiger charge is -2.07. The number of anilines is 1. The molecule has 24 heavy (non-hydrogen) atoms. The number of benzene rings is 2. The molecule has 0 fully saturated rings. The lowest BCUT2D eigenvalue weighted by molar-refractivity contribution is -0.115. The van der Waals surface area contributed by atoms with Gasteiger partial charge in [-0.05, 0) is 29.7 Å². The summed E-state index contributed by atoms with van der Waals surface area (Å²) in [5.41, 5.74) is 3.37. The molecule has 0 saturated carbocycles. The molecule has 2 aromatic carbocycles. The number of hydrogen-bond donors (Lipinski definition) is 2. The molecule has 2 aromatic rings. The van der Waals surface area contributed by atoms with E-state index in [0.717, 1.165) is 23.2 Å². The van der Waals surface area contributed by atoms with Crippen molar-refractivity contribution in [1.29, 1.82) is 0 Å². The third kappa shape index (κ3) is 4.20. The number of carbonyl (C=O) groups is 2. The number of carbonyl (C=O) groups excluding carboxylic acids is 2. The first kappa shape index (κ1) is 16.2. The summed E-state index contributed by atoms with van der Waals surface area (Å²) in [6, 6.07) is 15.3. The van der Waals surface area contributed by atoms with Crippen molar-refractivity contribution in [1.82, 2.24) is 5.32 Å². The highest BCUT2D eigenvalue weighted by atomic mass is 16.5. The Morgan fingerprint density at radius 3 is 2.83 bits per heavy atom. The van der Waals surface area contributed by atoms with Gasteiger partial charge in [0.15, 0.2) is 0 Å². The normalized spacial score (nSPS) is 12.6. The van der Waals surface area contributed by atoms with E-state index in [9.17, 15) is 9.59 Å². The Labute approximate surface area is 141 Å². The molecule has 1 aliphatic heterocycles. The standard InChI is InChI=1S/C19H20N2O3/c22-18-12-15-7-8-16(11-17(15)21-18)19(23)20-9-4-10-24-13-14-5-2-1-3-6-14/h1-3,5-8,11H,4,9-10,12-13H2,(H,20,23)(H,21,22). The molecule has 5 nitrogen and oxygen atoms in total. The van der Waals surface area contributed by atoms with Crippen LogP contribution in [-0.4, -0.2) is 25.0 Å². The van der Waals surface area contributed by atoms with Crippen molar-refractivity contribution in [3.8, 4) is 0 Å². The molecule has 0 spiro atoms. The van der Waals surface area contributed by atoms with E-state index in [4.69, 9.17) is 4.74 Å². The highest BCUT2D eigenvalue weighted by molar-refractivity contribution is 6.02. The van der Waals surface area contributed by atoms with Crippen molar-refractivity contribution in [2.75, 3.05) is 18.5 Å². The Kier molecular flexibility index (Phi) is 5.23. The average Bonchev–Trinajstić information content (AvgIpc) is 2.97. The van der Waals surface area contributed by atoms with E-state index in [0.29, 0.717) is 31.7 Å². The van der Waals surface area contributed by atoms with E-state index >= 15 is 0 Å². The zero-order valence-electron chi connectivity index (χ0n) is 13.4. The molecule has 5 heteroatoms. The first-order chi connectivity index (χ1) is 11.7. The van der Waals surface area contributed by atoms with Crippen molar-refractivity contribution in [2.45, 2.75) is 19.4 Å². The van der Waals surface area contributed by atoms with Gasteiger partial charge in [0.25, 0.3) is 5.91 Å². The van der Waals surface area contributed by atoms with E-state index in [1.54, 1.807) is 12.1 Å². The predicted octanol–water partition coefficient (Wildman–Crippen LogP) is 2.52. The van der Waals surface area contributed by atoms with Gasteiger partial charge in [-0.25, -0.2) is 0 Å². The lowest BCUT2D eigenvalue weighted by Crippen LogP contribution is -2.25. The number of rotatable bonds is 7. The van der Waals surface area contributed by atoms with Crippen LogP contribution in [0, 0.1) is 0 Å². The molecule has 1 aliphatic rings. The summed E-state index contributed by atoms with van der Waals surface area (Å²) in [5.74, 6) is -0.167. The highest BCUT2D eigenvalue weighted by Crippen LogP contribution is 2.23. The van der Waals surface area contributed by atoms with Gasteiger partial charge in [-0.15, -0.1) is 0 Å². The van der Waals surface area contributed by atoms with E-state index < -0.39 is 0 Å². The van der Waals surface area contributed by atoms with Gasteiger partial charge in [-0.1, -0.05) is 36.4 Å². The molecule has 2 amide bonds. The first-order valence-electron chi connectivity index (χ1n) is 8.05. The zero-order valence-corrected chi connectivity index (χ0v) is 13.4. The number of hydrogen-bond acceptors (Lipinski definition) is 3. The first-order valence-corrected chi connectivity index (χ1v) is 8.05. The van der Waals surface area contributed by atoms with Crippen LogP contribution in [0.4, 0.5) is 5.69 Å². The lowest BCUT2D eigenvalue weighted by atomic mass is 10.1. The molecule has 0 aromatic heterocycles. The Morgan fingerprint density at radius 1 is 1.17 bits per heavy atom. The van der Waals surface area contributed by atoms with Crippen LogP contribution < -0.4 is 10.6 Å². The van der Waals surface area contributed by atoms with Gasteiger partial charge >= 0.3 is 0 Å². The third-order valence-corrected chi connectivity index (χ3v) is 3.86. The summed E-state index contributed by atoms with van der Waals surface area (Å²) in [4.78, 5) is 23.4. The monoisotopic (exact) mass is 324 g/mol. The summed E-state index contributed by atoms with van der Waals surface area (Å²) in [6.07, 6.45) is 1.14. The molecule has 0 unspecified atom stereocenters. The van der Waals surface area contributed by atoms with Crippen LogP contribution in [0.25, 0.3) is 0 Å². The predicted molar refractivity (Wildman–Crippen MR) is 91.8 cm³/mol. The summed E-state index contributed by atoms with van der Waals surface area (Å²) >= 11 is 0. The third-order valence-electron chi connectivity index (χ3n) is 3.86. The van der Waals surface area contributed by atoms with Gasteiger partial charge < -0.3 is 15.4 Å². The van der Waals surface area contributed by atoms with Gasteiger partial charge in [0, 0.05) is 24.4 Å². The second kappa shape index (κ2) is 7.75. The minimum absolute atomic E-state index is 0.0295. The van der Waals surface area contributed by atoms with Crippen LogP contribution in [0.3, 0.4) is 0 Å². The van der Waals surface area contributed by atoms with Gasteiger partial charge in [0.2, 0.25) is 5.91 Å². The van der Waals surface area contributed by atoms with Crippen molar-refractivity contribution in [3.63, 3.8) is 0 Å². The summed E-state index contributed by atoms with van der Waals surface area (Å²) in [6.45, 7) is 1.73. The van der Waals surface area contributed by atoms with Crippen LogP contribution in [0.1, 0.15) is 27.9 Å². The minimum Gasteiger partial charge on any atom is -0.377 e. The van der Waals surface area contributed by atoms with Crippen LogP contribution in [0.15, 0.2) is 48.5 Å². The molecule has 0 bridgehead atoms. The average molecular weight is 324 g/mol. The second-order valence-corrected chi connectivity index (χ2v) is 5.74. The number of fused-ring (bicyclic) bond motifs is 1. The molecule has 1 heterocycles. The Bertz CT molecular complexity index is 729. The fourth-order valence-corrected chi connectivity index (χ4v) is 2.60. The molecule has 0 aliphatic carbocycles. The largest absolute Gasteiger partial charge is 0.377 e. The second-order valence-electron chi connectivity index (χ2n) is 5.74. The molecular formula is C19H20N2O3. The minimum atomic E-state index is -0.137. The van der Waals surface area contributed by atoms with Crippen LogP contribution in [0.2, 0.25) is 0 Å². The molecule has 3 rings (SSSR count). The van der Waals surface area contributed by atoms with Crippen LogP contribution in [0.5, 0.6) is 0 Å². The smallest absolute Gasteiger partial charge is 0.251 e. The van der Waals surface area contributed by atoms with Gasteiger partial charge in [0.1, 0.15) is 0 Å². The van der Waals surface area contributed by atoms with Crippen molar-refractivity contribution >= 4 is 17.5 Å². The molecular weight excluding hydrogens is 304 g/mol. The maximum absolute atomic E-state index is 12.1. The molecule has 124 valence electrons. The Morgan fingerprint density at radius 2 is 2.00 bits per heavy atom. The van der Waals surface area contributed by atoms with Gasteiger partial charge in [-0.2, -0.15) is 0 Å². The molecule has 0 radical (unpaired) electrons. The molecule has 2 N–H and O–H groups in total. The summed E-state index contributed by atoms with van der Waals surface area (Å²) in [7, 11) is 0. The summed E-state index contributed by atoms with van der Waals surface area (Å²) in [5, 5.41) is 5.62. The van der Waals surface area contributed by atoms with Crippen molar-refractivity contribution < 1.29 is 14.3 Å². The SMILES string of the molecule is O=C1Cc2ccc(C(=O)NCCCOCc3ccccc3)cc2N1. The maximum atomic E-state index is 12.1. The quantitative estimate of drug-likeness (QED) is 0.769. The van der Waals surface area contributed by atoms with E-state index in [2.05, 4.69) is 10.6 Å². The van der Waals surface area contributed by atoms with Crippen LogP contribution >= 0.6 is 0 Å². The van der Waals surface area contributed by atoms with Gasteiger partial charge in [0.05, 0.1) is 13.0 Å².